The largest absolute Gasteiger partial charge is 0.404 e. The fourth-order valence-electron chi connectivity index (χ4n) is 3.64. The Labute approximate surface area is 170 Å². The Morgan fingerprint density at radius 2 is 2.17 bits per heavy atom. The molecule has 1 aliphatic carbocycles. The van der Waals surface area contributed by atoms with Crippen molar-refractivity contribution in [2.75, 3.05) is 6.54 Å². The lowest BCUT2D eigenvalue weighted by Gasteiger charge is -2.16. The highest BCUT2D eigenvalue weighted by Crippen LogP contribution is 2.52. The van der Waals surface area contributed by atoms with Gasteiger partial charge in [0.25, 0.3) is 0 Å². The molecule has 3 aromatic rings. The van der Waals surface area contributed by atoms with Crippen LogP contribution in [0.15, 0.2) is 54.0 Å². The number of fused-ring (bicyclic) bond motifs is 1. The molecule has 1 aliphatic rings. The van der Waals surface area contributed by atoms with Gasteiger partial charge in [-0.1, -0.05) is 13.8 Å². The molecule has 0 radical (unpaired) electrons. The summed E-state index contributed by atoms with van der Waals surface area (Å²) in [4.78, 5) is 13.6. The lowest BCUT2D eigenvalue weighted by Crippen LogP contribution is -2.13. The third-order valence-electron chi connectivity index (χ3n) is 5.93. The molecule has 4 rings (SSSR count). The second kappa shape index (κ2) is 7.51. The quantitative estimate of drug-likeness (QED) is 0.648. The van der Waals surface area contributed by atoms with Crippen molar-refractivity contribution in [2.45, 2.75) is 26.7 Å². The first-order chi connectivity index (χ1) is 14.1. The van der Waals surface area contributed by atoms with E-state index < -0.39 is 0 Å². The third-order valence-corrected chi connectivity index (χ3v) is 5.93. The molecule has 0 bridgehead atoms. The molecule has 0 aliphatic heterocycles. The van der Waals surface area contributed by atoms with Gasteiger partial charge in [-0.15, -0.1) is 0 Å². The summed E-state index contributed by atoms with van der Waals surface area (Å²) in [6.07, 6.45) is 11.4. The zero-order chi connectivity index (χ0) is 20.4. The number of nitrogens with zero attached hydrogens (tertiary/aromatic N) is 5. The van der Waals surface area contributed by atoms with E-state index in [1.807, 2.05) is 41.2 Å². The maximum atomic E-state index is 9.33. The summed E-state index contributed by atoms with van der Waals surface area (Å²) in [6.45, 7) is 5.33. The summed E-state index contributed by atoms with van der Waals surface area (Å²) in [5.74, 6) is 0.623. The Kier molecular flexibility index (Phi) is 4.89. The third kappa shape index (κ3) is 3.64. The number of rotatable bonds is 6. The zero-order valence-electron chi connectivity index (χ0n) is 16.7. The van der Waals surface area contributed by atoms with E-state index in [0.29, 0.717) is 22.7 Å². The summed E-state index contributed by atoms with van der Waals surface area (Å²) in [5, 5.41) is 9.33. The Morgan fingerprint density at radius 3 is 2.86 bits per heavy atom. The second-order valence-electron chi connectivity index (χ2n) is 7.92. The van der Waals surface area contributed by atoms with Crippen molar-refractivity contribution in [3.05, 3.63) is 60.3 Å². The number of hydrogen-bond acceptors (Lipinski definition) is 5. The molecule has 0 aromatic carbocycles. The molecule has 146 valence electrons. The average molecular weight is 384 g/mol. The van der Waals surface area contributed by atoms with Gasteiger partial charge >= 0.3 is 0 Å². The van der Waals surface area contributed by atoms with Crippen molar-refractivity contribution in [3.8, 4) is 17.3 Å². The van der Waals surface area contributed by atoms with E-state index in [2.05, 4.69) is 29.9 Å². The fourth-order valence-corrected chi connectivity index (χ4v) is 3.64. The molecule has 3 heterocycles. The lowest BCUT2D eigenvalue weighted by atomic mass is 9.92. The van der Waals surface area contributed by atoms with Crippen LogP contribution in [0, 0.1) is 22.7 Å². The molecule has 1 saturated carbocycles. The monoisotopic (exact) mass is 384 g/mol. The van der Waals surface area contributed by atoms with Crippen molar-refractivity contribution in [1.29, 1.82) is 5.26 Å². The Balaban J connectivity index is 1.71. The van der Waals surface area contributed by atoms with E-state index in [-0.39, 0.29) is 0 Å². The Hall–Kier alpha value is -3.46. The van der Waals surface area contributed by atoms with E-state index in [4.69, 9.17) is 10.7 Å². The number of pyridine rings is 2. The molecule has 2 N–H and O–H groups in total. The number of nitriles is 1. The van der Waals surface area contributed by atoms with Gasteiger partial charge in [-0.05, 0) is 48.4 Å². The van der Waals surface area contributed by atoms with Crippen LogP contribution in [0.3, 0.4) is 0 Å². The second-order valence-corrected chi connectivity index (χ2v) is 7.92. The van der Waals surface area contributed by atoms with Gasteiger partial charge in [0.2, 0.25) is 0 Å². The molecule has 6 heteroatoms. The van der Waals surface area contributed by atoms with E-state index in [9.17, 15) is 5.26 Å². The van der Waals surface area contributed by atoms with Gasteiger partial charge in [0.05, 0.1) is 5.69 Å². The van der Waals surface area contributed by atoms with Crippen LogP contribution >= 0.6 is 0 Å². The normalized spacial score (nSPS) is 15.9. The molecular formula is C23H24N6. The number of allylic oxidation sites excluding steroid dienone is 1. The maximum Gasteiger partial charge on any atom is 0.141 e. The van der Waals surface area contributed by atoms with Crippen molar-refractivity contribution in [3.63, 3.8) is 0 Å². The number of hydrogen-bond donors (Lipinski definition) is 1. The molecule has 0 saturated heterocycles. The van der Waals surface area contributed by atoms with Gasteiger partial charge in [-0.3, -0.25) is 4.99 Å². The minimum atomic E-state index is 0.341. The minimum absolute atomic E-state index is 0.341. The average Bonchev–Trinajstić information content (AvgIpc) is 3.39. The minimum Gasteiger partial charge on any atom is -0.404 e. The number of aliphatic imine (C=N–C) groups is 1. The smallest absolute Gasteiger partial charge is 0.141 e. The molecule has 0 unspecified atom stereocenters. The van der Waals surface area contributed by atoms with Gasteiger partial charge in [-0.2, -0.15) is 5.26 Å². The van der Waals surface area contributed by atoms with Crippen molar-refractivity contribution < 1.29 is 0 Å². The molecule has 0 spiro atoms. The van der Waals surface area contributed by atoms with Crippen LogP contribution in [0.4, 0.5) is 0 Å². The molecule has 6 nitrogen and oxygen atoms in total. The first-order valence-electron chi connectivity index (χ1n) is 9.83. The Bertz CT molecular complexity index is 1140. The summed E-state index contributed by atoms with van der Waals surface area (Å²) in [7, 11) is 0. The lowest BCUT2D eigenvalue weighted by molar-refractivity contribution is 0.371. The number of aromatic nitrogens is 3. The van der Waals surface area contributed by atoms with Crippen LogP contribution in [0.2, 0.25) is 0 Å². The number of nitrogens with two attached hydrogens (primary N) is 1. The van der Waals surface area contributed by atoms with Crippen LogP contribution in [0.25, 0.3) is 22.5 Å². The first kappa shape index (κ1) is 18.9. The van der Waals surface area contributed by atoms with Gasteiger partial charge in [0.1, 0.15) is 17.4 Å². The van der Waals surface area contributed by atoms with Crippen LogP contribution < -0.4 is 5.73 Å². The molecule has 3 aromatic heterocycles. The van der Waals surface area contributed by atoms with Gasteiger partial charge in [-0.25, -0.2) is 9.97 Å². The molecule has 29 heavy (non-hydrogen) atoms. The molecular weight excluding hydrogens is 360 g/mol. The molecule has 0 atom stereocenters. The SMILES string of the molecule is CC(C)C1(CN=CC(=CN)c2ccc(C#N)nc2-c2ccn3ccnc3c2)CC1. The van der Waals surface area contributed by atoms with Crippen LogP contribution in [-0.2, 0) is 0 Å². The van der Waals surface area contributed by atoms with E-state index in [1.165, 1.54) is 12.8 Å². The highest BCUT2D eigenvalue weighted by Gasteiger charge is 2.44. The highest BCUT2D eigenvalue weighted by atomic mass is 15.0. The van der Waals surface area contributed by atoms with Gasteiger partial charge in [0, 0.05) is 54.2 Å². The van der Waals surface area contributed by atoms with Crippen LogP contribution in [-0.4, -0.2) is 27.1 Å². The fraction of sp³-hybridized carbons (Fsp3) is 0.304. The Morgan fingerprint density at radius 1 is 1.34 bits per heavy atom. The van der Waals surface area contributed by atoms with E-state index in [1.54, 1.807) is 18.5 Å². The van der Waals surface area contributed by atoms with Gasteiger partial charge < -0.3 is 10.1 Å². The van der Waals surface area contributed by atoms with Gasteiger partial charge in [0.15, 0.2) is 0 Å². The van der Waals surface area contributed by atoms with Crippen molar-refractivity contribution in [1.82, 2.24) is 14.4 Å². The predicted octanol–water partition coefficient (Wildman–Crippen LogP) is 4.07. The summed E-state index contributed by atoms with van der Waals surface area (Å²) >= 11 is 0. The topological polar surface area (TPSA) is 92.4 Å². The van der Waals surface area contributed by atoms with Crippen LogP contribution in [0.1, 0.15) is 37.9 Å². The highest BCUT2D eigenvalue weighted by molar-refractivity contribution is 6.11. The summed E-state index contributed by atoms with van der Waals surface area (Å²) < 4.78 is 1.93. The van der Waals surface area contributed by atoms with E-state index >= 15 is 0 Å². The summed E-state index contributed by atoms with van der Waals surface area (Å²) in [5.41, 5.74) is 10.7. The first-order valence-corrected chi connectivity index (χ1v) is 9.83. The van der Waals surface area contributed by atoms with Crippen molar-refractivity contribution in [2.24, 2.45) is 22.1 Å². The van der Waals surface area contributed by atoms with Crippen LogP contribution in [0.5, 0.6) is 0 Å². The standard InChI is InChI=1S/C23H24N6/c1-16(2)23(6-7-23)15-26-14-18(12-24)20-4-3-19(13-25)28-22(20)17-5-9-29-10-8-27-21(29)11-17/h3-5,8-12,14,16H,6-7,15,24H2,1-2H3. The molecule has 0 amide bonds. The maximum absolute atomic E-state index is 9.33. The predicted molar refractivity (Wildman–Crippen MR) is 115 cm³/mol. The molecule has 1 fully saturated rings. The van der Waals surface area contributed by atoms with E-state index in [0.717, 1.165) is 28.9 Å². The summed E-state index contributed by atoms with van der Waals surface area (Å²) in [6, 6.07) is 9.63. The number of imidazole rings is 1. The zero-order valence-corrected chi connectivity index (χ0v) is 16.7. The van der Waals surface area contributed by atoms with Crippen molar-refractivity contribution >= 4 is 17.4 Å².